The topological polar surface area (TPSA) is 97.1 Å². The Hall–Kier alpha value is -3.29. The lowest BCUT2D eigenvalue weighted by atomic mass is 10.00. The summed E-state index contributed by atoms with van der Waals surface area (Å²) >= 11 is 0. The fourth-order valence-electron chi connectivity index (χ4n) is 3.88. The van der Waals surface area contributed by atoms with E-state index in [2.05, 4.69) is 32.1 Å². The maximum atomic E-state index is 12.0. The summed E-state index contributed by atoms with van der Waals surface area (Å²) in [5, 5.41) is 16.1. The minimum absolute atomic E-state index is 0.0872. The van der Waals surface area contributed by atoms with Gasteiger partial charge in [-0.05, 0) is 37.8 Å². The third kappa shape index (κ3) is 3.33. The number of fused-ring (bicyclic) bond motifs is 1. The van der Waals surface area contributed by atoms with Crippen LogP contribution in [0.3, 0.4) is 0 Å². The first-order chi connectivity index (χ1) is 13.7. The Balaban J connectivity index is 1.78. The van der Waals surface area contributed by atoms with E-state index in [1.807, 2.05) is 30.3 Å². The van der Waals surface area contributed by atoms with Crippen molar-refractivity contribution in [3.63, 3.8) is 0 Å². The van der Waals surface area contributed by atoms with E-state index in [1.165, 1.54) is 6.33 Å². The summed E-state index contributed by atoms with van der Waals surface area (Å²) in [7, 11) is 0. The Labute approximate surface area is 162 Å². The number of pyridine rings is 1. The molecule has 28 heavy (non-hydrogen) atoms. The quantitative estimate of drug-likeness (QED) is 0.517. The van der Waals surface area contributed by atoms with Crippen molar-refractivity contribution in [1.82, 2.24) is 15.0 Å². The van der Waals surface area contributed by atoms with Crippen molar-refractivity contribution in [2.45, 2.75) is 38.6 Å². The zero-order chi connectivity index (χ0) is 19.5. The molecule has 0 spiro atoms. The van der Waals surface area contributed by atoms with Crippen LogP contribution in [-0.2, 0) is 0 Å². The second kappa shape index (κ2) is 7.75. The van der Waals surface area contributed by atoms with Crippen LogP contribution in [0.4, 0.5) is 23.0 Å². The lowest BCUT2D eigenvalue weighted by Crippen LogP contribution is -2.40. The van der Waals surface area contributed by atoms with E-state index in [0.29, 0.717) is 11.5 Å². The minimum atomic E-state index is -0.391. The van der Waals surface area contributed by atoms with Gasteiger partial charge in [-0.15, -0.1) is 0 Å². The molecule has 1 N–H and O–H groups in total. The van der Waals surface area contributed by atoms with E-state index in [9.17, 15) is 10.1 Å². The van der Waals surface area contributed by atoms with Gasteiger partial charge in [-0.1, -0.05) is 25.1 Å². The molecule has 0 radical (unpaired) electrons. The molecule has 4 rings (SSSR count). The van der Waals surface area contributed by atoms with Crippen LogP contribution in [0, 0.1) is 10.1 Å². The number of benzene rings is 1. The summed E-state index contributed by atoms with van der Waals surface area (Å²) in [5.74, 6) is 0.579. The van der Waals surface area contributed by atoms with Crippen LogP contribution in [0.1, 0.15) is 32.6 Å². The average molecular weight is 378 g/mol. The maximum absolute atomic E-state index is 12.0. The van der Waals surface area contributed by atoms with Gasteiger partial charge in [0, 0.05) is 24.2 Å². The largest absolute Gasteiger partial charge is 0.353 e. The highest BCUT2D eigenvalue weighted by Crippen LogP contribution is 2.37. The predicted molar refractivity (Wildman–Crippen MR) is 109 cm³/mol. The summed E-state index contributed by atoms with van der Waals surface area (Å²) in [4.78, 5) is 26.5. The van der Waals surface area contributed by atoms with Crippen LogP contribution < -0.4 is 10.2 Å². The van der Waals surface area contributed by atoms with Crippen molar-refractivity contribution >= 4 is 33.9 Å². The van der Waals surface area contributed by atoms with Gasteiger partial charge in [0.1, 0.15) is 6.33 Å². The highest BCUT2D eigenvalue weighted by molar-refractivity contribution is 5.92. The van der Waals surface area contributed by atoms with Crippen molar-refractivity contribution in [1.29, 1.82) is 0 Å². The zero-order valence-corrected chi connectivity index (χ0v) is 15.7. The van der Waals surface area contributed by atoms with Gasteiger partial charge in [-0.3, -0.25) is 15.1 Å². The number of para-hydroxylation sites is 1. The van der Waals surface area contributed by atoms with Gasteiger partial charge in [-0.25, -0.2) is 9.97 Å². The number of hydrogen-bond donors (Lipinski definition) is 1. The molecule has 1 fully saturated rings. The lowest BCUT2D eigenvalue weighted by molar-refractivity contribution is -0.383. The number of nitrogens with zero attached hydrogens (tertiary/aromatic N) is 5. The van der Waals surface area contributed by atoms with E-state index in [-0.39, 0.29) is 17.5 Å². The number of piperidine rings is 1. The fraction of sp³-hybridized carbons (Fsp3) is 0.350. The SMILES string of the molecule is CCC1CCCCN1c1ncnc(Nc2cccc3cccnc23)c1[N+](=O)[O-]. The van der Waals surface area contributed by atoms with E-state index in [4.69, 9.17) is 0 Å². The van der Waals surface area contributed by atoms with Crippen LogP contribution >= 0.6 is 0 Å². The summed E-state index contributed by atoms with van der Waals surface area (Å²) in [6.07, 6.45) is 7.19. The molecule has 0 bridgehead atoms. The predicted octanol–water partition coefficient (Wildman–Crippen LogP) is 4.45. The minimum Gasteiger partial charge on any atom is -0.348 e. The molecule has 8 heteroatoms. The number of aromatic nitrogens is 3. The molecule has 1 saturated heterocycles. The second-order valence-corrected chi connectivity index (χ2v) is 6.91. The normalized spacial score (nSPS) is 16.9. The molecule has 0 amide bonds. The Morgan fingerprint density at radius 2 is 2.07 bits per heavy atom. The van der Waals surface area contributed by atoms with E-state index in [1.54, 1.807) is 6.20 Å². The van der Waals surface area contributed by atoms with Crippen LogP contribution in [-0.4, -0.2) is 32.5 Å². The smallest absolute Gasteiger partial charge is 0.348 e. The van der Waals surface area contributed by atoms with Crippen LogP contribution in [0.15, 0.2) is 42.9 Å². The van der Waals surface area contributed by atoms with Gasteiger partial charge in [0.05, 0.1) is 16.1 Å². The van der Waals surface area contributed by atoms with E-state index in [0.717, 1.165) is 43.1 Å². The summed E-state index contributed by atoms with van der Waals surface area (Å²) in [5.41, 5.74) is 1.33. The number of nitrogens with one attached hydrogen (secondary N) is 1. The van der Waals surface area contributed by atoms with Gasteiger partial charge < -0.3 is 10.2 Å². The molecular formula is C20H22N6O2. The van der Waals surface area contributed by atoms with Crippen molar-refractivity contribution in [3.8, 4) is 0 Å². The number of hydrogen-bond acceptors (Lipinski definition) is 7. The molecule has 1 aliphatic rings. The summed E-state index contributed by atoms with van der Waals surface area (Å²) in [6.45, 7) is 2.88. The molecule has 3 aromatic rings. The molecule has 1 aromatic carbocycles. The highest BCUT2D eigenvalue weighted by Gasteiger charge is 2.32. The molecule has 1 unspecified atom stereocenters. The number of anilines is 3. The lowest BCUT2D eigenvalue weighted by Gasteiger charge is -2.35. The third-order valence-corrected chi connectivity index (χ3v) is 5.24. The highest BCUT2D eigenvalue weighted by atomic mass is 16.6. The first-order valence-electron chi connectivity index (χ1n) is 9.56. The molecule has 3 heterocycles. The van der Waals surface area contributed by atoms with Crippen molar-refractivity contribution in [2.75, 3.05) is 16.8 Å². The van der Waals surface area contributed by atoms with Crippen LogP contribution in [0.5, 0.6) is 0 Å². The van der Waals surface area contributed by atoms with Crippen molar-refractivity contribution in [2.24, 2.45) is 0 Å². The Kier molecular flexibility index (Phi) is 5.01. The standard InChI is InChI=1S/C20H22N6O2/c1-2-15-9-3-4-12-25(15)20-18(26(27)28)19(22-13-23-20)24-16-10-5-7-14-8-6-11-21-17(14)16/h5-8,10-11,13,15H,2-4,9,12H2,1H3,(H,22,23,24). The molecule has 2 aromatic heterocycles. The van der Waals surface area contributed by atoms with Crippen molar-refractivity contribution < 1.29 is 4.92 Å². The molecule has 0 aliphatic carbocycles. The van der Waals surface area contributed by atoms with Crippen molar-refractivity contribution in [3.05, 3.63) is 53.0 Å². The van der Waals surface area contributed by atoms with Crippen LogP contribution in [0.25, 0.3) is 10.9 Å². The summed E-state index contributed by atoms with van der Waals surface area (Å²) in [6, 6.07) is 9.75. The molecule has 1 atom stereocenters. The van der Waals surface area contributed by atoms with Gasteiger partial charge in [0.25, 0.3) is 0 Å². The van der Waals surface area contributed by atoms with Gasteiger partial charge >= 0.3 is 5.69 Å². The Morgan fingerprint density at radius 1 is 1.21 bits per heavy atom. The van der Waals surface area contributed by atoms with Crippen LogP contribution in [0.2, 0.25) is 0 Å². The first-order valence-corrected chi connectivity index (χ1v) is 9.56. The second-order valence-electron chi connectivity index (χ2n) is 6.91. The fourth-order valence-corrected chi connectivity index (χ4v) is 3.88. The first kappa shape index (κ1) is 18.1. The molecule has 8 nitrogen and oxygen atoms in total. The zero-order valence-electron chi connectivity index (χ0n) is 15.7. The molecular weight excluding hydrogens is 356 g/mol. The number of rotatable bonds is 5. The molecule has 0 saturated carbocycles. The van der Waals surface area contributed by atoms with Gasteiger partial charge in [0.2, 0.25) is 11.6 Å². The number of nitro groups is 1. The van der Waals surface area contributed by atoms with E-state index >= 15 is 0 Å². The average Bonchev–Trinajstić information content (AvgIpc) is 2.73. The molecule has 144 valence electrons. The molecule has 1 aliphatic heterocycles. The van der Waals surface area contributed by atoms with E-state index < -0.39 is 4.92 Å². The monoisotopic (exact) mass is 378 g/mol. The van der Waals surface area contributed by atoms with Gasteiger partial charge in [0.15, 0.2) is 0 Å². The maximum Gasteiger partial charge on any atom is 0.353 e. The Morgan fingerprint density at radius 3 is 2.89 bits per heavy atom. The Bertz CT molecular complexity index is 1000. The van der Waals surface area contributed by atoms with Gasteiger partial charge in [-0.2, -0.15) is 0 Å². The third-order valence-electron chi connectivity index (χ3n) is 5.24. The summed E-state index contributed by atoms with van der Waals surface area (Å²) < 4.78 is 0.